The molecule has 0 saturated carbocycles. The average molecular weight is 441 g/mol. The van der Waals surface area contributed by atoms with Gasteiger partial charge in [-0.3, -0.25) is 9.59 Å². The number of carboxylic acids is 1. The second-order valence-corrected chi connectivity index (χ2v) is 9.79. The van der Waals surface area contributed by atoms with Gasteiger partial charge in [-0.1, -0.05) is 105 Å². The molecule has 2 atom stereocenters. The number of aliphatic carboxylic acids is 1. The van der Waals surface area contributed by atoms with Gasteiger partial charge in [-0.15, -0.1) is 0 Å². The molecular formula is C27H52O4. The molecule has 0 bridgehead atoms. The van der Waals surface area contributed by atoms with Crippen molar-refractivity contribution in [2.75, 3.05) is 0 Å². The van der Waals surface area contributed by atoms with E-state index in [4.69, 9.17) is 4.74 Å². The van der Waals surface area contributed by atoms with E-state index in [1.54, 1.807) is 0 Å². The van der Waals surface area contributed by atoms with Gasteiger partial charge >= 0.3 is 11.9 Å². The van der Waals surface area contributed by atoms with Crippen LogP contribution >= 0.6 is 0 Å². The quantitative estimate of drug-likeness (QED) is 0.136. The minimum absolute atomic E-state index is 0.00798. The normalized spacial score (nSPS) is 13.3. The van der Waals surface area contributed by atoms with Crippen molar-refractivity contribution in [3.8, 4) is 0 Å². The maximum atomic E-state index is 12.4. The third-order valence-corrected chi connectivity index (χ3v) is 6.15. The fraction of sp³-hybridized carbons (Fsp3) is 0.926. The number of carbonyl (C=O) groups excluding carboxylic acids is 1. The molecule has 31 heavy (non-hydrogen) atoms. The molecule has 2 unspecified atom stereocenters. The van der Waals surface area contributed by atoms with Gasteiger partial charge in [0.2, 0.25) is 0 Å². The molecule has 0 aromatic carbocycles. The zero-order valence-electron chi connectivity index (χ0n) is 21.1. The summed E-state index contributed by atoms with van der Waals surface area (Å²) >= 11 is 0. The molecule has 4 heteroatoms. The summed E-state index contributed by atoms with van der Waals surface area (Å²) in [5, 5.41) is 9.38. The van der Waals surface area contributed by atoms with Gasteiger partial charge in [0.25, 0.3) is 0 Å². The van der Waals surface area contributed by atoms with Gasteiger partial charge in [0, 0.05) is 0 Å². The molecule has 0 aliphatic rings. The number of ether oxygens (including phenoxy) is 1. The van der Waals surface area contributed by atoms with E-state index in [2.05, 4.69) is 20.8 Å². The third-order valence-electron chi connectivity index (χ3n) is 6.15. The zero-order valence-corrected chi connectivity index (χ0v) is 21.1. The number of esters is 1. The van der Waals surface area contributed by atoms with Gasteiger partial charge in [0.05, 0.1) is 12.3 Å². The smallest absolute Gasteiger partial charge is 0.307 e. The van der Waals surface area contributed by atoms with E-state index < -0.39 is 11.9 Å². The molecule has 4 nitrogen and oxygen atoms in total. The van der Waals surface area contributed by atoms with Gasteiger partial charge in [-0.25, -0.2) is 0 Å². The first-order valence-electron chi connectivity index (χ1n) is 13.3. The van der Waals surface area contributed by atoms with Gasteiger partial charge in [0.1, 0.15) is 6.10 Å². The summed E-state index contributed by atoms with van der Waals surface area (Å²) in [6.07, 6.45) is 19.3. The van der Waals surface area contributed by atoms with Crippen molar-refractivity contribution >= 4 is 11.9 Å². The molecule has 0 spiro atoms. The summed E-state index contributed by atoms with van der Waals surface area (Å²) in [6.45, 7) is 8.72. The molecule has 184 valence electrons. The van der Waals surface area contributed by atoms with Crippen LogP contribution in [0.3, 0.4) is 0 Å². The van der Waals surface area contributed by atoms with Crippen molar-refractivity contribution in [3.63, 3.8) is 0 Å². The van der Waals surface area contributed by atoms with Crippen molar-refractivity contribution in [1.82, 2.24) is 0 Å². The lowest BCUT2D eigenvalue weighted by atomic mass is 9.98. The Hall–Kier alpha value is -1.06. The SMILES string of the molecule is CCCCCCCCCCCCC(CCCC(C)C)OC(=O)CC(CCCC)C(=O)O. The first-order valence-corrected chi connectivity index (χ1v) is 13.3. The van der Waals surface area contributed by atoms with Crippen LogP contribution in [0.1, 0.15) is 143 Å². The van der Waals surface area contributed by atoms with Crippen molar-refractivity contribution in [3.05, 3.63) is 0 Å². The summed E-state index contributed by atoms with van der Waals surface area (Å²) in [7, 11) is 0. The first-order chi connectivity index (χ1) is 14.9. The molecule has 0 saturated heterocycles. The van der Waals surface area contributed by atoms with E-state index in [-0.39, 0.29) is 18.5 Å². The Kier molecular flexibility index (Phi) is 20.1. The van der Waals surface area contributed by atoms with Crippen LogP contribution in [0.25, 0.3) is 0 Å². The summed E-state index contributed by atoms with van der Waals surface area (Å²) in [4.78, 5) is 23.9. The molecule has 0 aromatic rings. The standard InChI is InChI=1S/C27H52O4/c1-5-7-9-10-11-12-13-14-15-16-20-25(21-17-18-23(3)4)31-26(28)22-24(27(29)30)19-8-6-2/h23-25H,5-22H2,1-4H3,(H,29,30). The average Bonchev–Trinajstić information content (AvgIpc) is 2.71. The summed E-state index contributed by atoms with van der Waals surface area (Å²) in [6, 6.07) is 0. The minimum atomic E-state index is -0.878. The van der Waals surface area contributed by atoms with E-state index in [1.807, 2.05) is 6.92 Å². The molecule has 0 aromatic heterocycles. The number of carbonyl (C=O) groups is 2. The molecule has 0 radical (unpaired) electrons. The molecule has 0 fully saturated rings. The maximum Gasteiger partial charge on any atom is 0.307 e. The van der Waals surface area contributed by atoms with Gasteiger partial charge < -0.3 is 9.84 Å². The fourth-order valence-corrected chi connectivity index (χ4v) is 4.07. The molecule has 1 N–H and O–H groups in total. The summed E-state index contributed by atoms with van der Waals surface area (Å²) < 4.78 is 5.77. The molecule has 0 amide bonds. The van der Waals surface area contributed by atoms with Crippen LogP contribution in [0.2, 0.25) is 0 Å². The first kappa shape index (κ1) is 29.9. The molecule has 0 aliphatic carbocycles. The highest BCUT2D eigenvalue weighted by Gasteiger charge is 2.23. The Morgan fingerprint density at radius 2 is 1.19 bits per heavy atom. The predicted molar refractivity (Wildman–Crippen MR) is 130 cm³/mol. The Morgan fingerprint density at radius 3 is 1.71 bits per heavy atom. The van der Waals surface area contributed by atoms with Crippen LogP contribution in [0.5, 0.6) is 0 Å². The van der Waals surface area contributed by atoms with Crippen LogP contribution in [-0.2, 0) is 14.3 Å². The highest BCUT2D eigenvalue weighted by molar-refractivity contribution is 5.78. The second kappa shape index (κ2) is 20.8. The van der Waals surface area contributed by atoms with Gasteiger partial charge in [-0.2, -0.15) is 0 Å². The maximum absolute atomic E-state index is 12.4. The Morgan fingerprint density at radius 1 is 0.677 bits per heavy atom. The molecule has 0 aliphatic heterocycles. The van der Waals surface area contributed by atoms with Crippen LogP contribution in [0, 0.1) is 11.8 Å². The molecule has 0 rings (SSSR count). The van der Waals surface area contributed by atoms with Gasteiger partial charge in [0.15, 0.2) is 0 Å². The van der Waals surface area contributed by atoms with Crippen LogP contribution in [-0.4, -0.2) is 23.1 Å². The van der Waals surface area contributed by atoms with E-state index in [9.17, 15) is 14.7 Å². The number of hydrogen-bond acceptors (Lipinski definition) is 3. The van der Waals surface area contributed by atoms with Crippen LogP contribution < -0.4 is 0 Å². The largest absolute Gasteiger partial charge is 0.481 e. The molecule has 0 heterocycles. The minimum Gasteiger partial charge on any atom is -0.481 e. The Bertz CT molecular complexity index is 433. The van der Waals surface area contributed by atoms with Crippen molar-refractivity contribution in [2.24, 2.45) is 11.8 Å². The Balaban J connectivity index is 4.26. The van der Waals surface area contributed by atoms with Gasteiger partial charge in [-0.05, 0) is 38.0 Å². The number of carboxylic acid groups (broad SMARTS) is 1. The summed E-state index contributed by atoms with van der Waals surface area (Å²) in [5.41, 5.74) is 0. The molecular weight excluding hydrogens is 388 g/mol. The van der Waals surface area contributed by atoms with E-state index in [1.165, 1.54) is 57.8 Å². The number of unbranched alkanes of at least 4 members (excludes halogenated alkanes) is 10. The van der Waals surface area contributed by atoms with E-state index in [0.29, 0.717) is 12.3 Å². The monoisotopic (exact) mass is 440 g/mol. The number of hydrogen-bond donors (Lipinski definition) is 1. The lowest BCUT2D eigenvalue weighted by molar-refractivity contribution is -0.156. The fourth-order valence-electron chi connectivity index (χ4n) is 4.07. The van der Waals surface area contributed by atoms with Crippen molar-refractivity contribution in [1.29, 1.82) is 0 Å². The number of rotatable bonds is 22. The highest BCUT2D eigenvalue weighted by Crippen LogP contribution is 2.20. The third kappa shape index (κ3) is 19.4. The topological polar surface area (TPSA) is 63.6 Å². The zero-order chi connectivity index (χ0) is 23.3. The van der Waals surface area contributed by atoms with Crippen LogP contribution in [0.4, 0.5) is 0 Å². The summed E-state index contributed by atoms with van der Waals surface area (Å²) in [5.74, 6) is -1.17. The predicted octanol–water partition coefficient (Wildman–Crippen LogP) is 8.32. The lowest BCUT2D eigenvalue weighted by Crippen LogP contribution is -2.24. The van der Waals surface area contributed by atoms with E-state index >= 15 is 0 Å². The van der Waals surface area contributed by atoms with Crippen LogP contribution in [0.15, 0.2) is 0 Å². The Labute approximate surface area is 192 Å². The van der Waals surface area contributed by atoms with Crippen molar-refractivity contribution < 1.29 is 19.4 Å². The van der Waals surface area contributed by atoms with Crippen molar-refractivity contribution in [2.45, 2.75) is 149 Å². The second-order valence-electron chi connectivity index (χ2n) is 9.79. The lowest BCUT2D eigenvalue weighted by Gasteiger charge is -2.20. The van der Waals surface area contributed by atoms with E-state index in [0.717, 1.165) is 44.9 Å². The highest BCUT2D eigenvalue weighted by atomic mass is 16.5.